The Kier molecular flexibility index (Phi) is 5.39. The minimum atomic E-state index is -0.929. The predicted octanol–water partition coefficient (Wildman–Crippen LogP) is -1.63. The zero-order chi connectivity index (χ0) is 12.7. The smallest absolute Gasteiger partial charge is 0.322 e. The van der Waals surface area contributed by atoms with Crippen molar-refractivity contribution in [3.8, 4) is 6.07 Å². The molecule has 94 valence electrons. The van der Waals surface area contributed by atoms with Crippen LogP contribution < -0.4 is 10.6 Å². The van der Waals surface area contributed by atoms with Crippen LogP contribution in [0.3, 0.4) is 0 Å². The van der Waals surface area contributed by atoms with Crippen LogP contribution in [0.1, 0.15) is 6.42 Å². The molecule has 1 atom stereocenters. The molecule has 0 bridgehead atoms. The van der Waals surface area contributed by atoms with E-state index >= 15 is 0 Å². The number of rotatable bonds is 5. The van der Waals surface area contributed by atoms with E-state index in [0.717, 1.165) is 0 Å². The summed E-state index contributed by atoms with van der Waals surface area (Å²) in [7, 11) is 0. The number of carboxylic acids is 1. The van der Waals surface area contributed by atoms with E-state index in [1.165, 1.54) is 0 Å². The van der Waals surface area contributed by atoms with Gasteiger partial charge in [-0.05, 0) is 0 Å². The second kappa shape index (κ2) is 6.83. The van der Waals surface area contributed by atoms with Crippen LogP contribution in [-0.2, 0) is 9.59 Å². The highest BCUT2D eigenvalue weighted by Crippen LogP contribution is 2.02. The Hall–Kier alpha value is -1.65. The van der Waals surface area contributed by atoms with Crippen LogP contribution >= 0.6 is 0 Å². The number of nitrogens with zero attached hydrogens (tertiary/aromatic N) is 2. The summed E-state index contributed by atoms with van der Waals surface area (Å²) in [6.45, 7) is 1.92. The number of hydrogen-bond donors (Lipinski definition) is 3. The minimum absolute atomic E-state index is 0.0596. The van der Waals surface area contributed by atoms with Gasteiger partial charge in [-0.2, -0.15) is 5.26 Å². The number of nitriles is 1. The topological polar surface area (TPSA) is 105 Å². The van der Waals surface area contributed by atoms with Gasteiger partial charge >= 0.3 is 5.97 Å². The van der Waals surface area contributed by atoms with Crippen LogP contribution in [0.2, 0.25) is 0 Å². The quantitative estimate of drug-likeness (QED) is 0.498. The predicted molar refractivity (Wildman–Crippen MR) is 59.1 cm³/mol. The van der Waals surface area contributed by atoms with Gasteiger partial charge in [0.2, 0.25) is 5.91 Å². The molecule has 0 aromatic heterocycles. The van der Waals surface area contributed by atoms with Crippen molar-refractivity contribution in [3.63, 3.8) is 0 Å². The van der Waals surface area contributed by atoms with Crippen LogP contribution in [0, 0.1) is 11.3 Å². The normalized spacial score (nSPS) is 20.5. The Balaban J connectivity index is 2.39. The summed E-state index contributed by atoms with van der Waals surface area (Å²) >= 11 is 0. The number of aliphatic carboxylic acids is 1. The fourth-order valence-electron chi connectivity index (χ4n) is 1.68. The zero-order valence-corrected chi connectivity index (χ0v) is 9.48. The third-order valence-electron chi connectivity index (χ3n) is 2.54. The molecule has 17 heavy (non-hydrogen) atoms. The van der Waals surface area contributed by atoms with E-state index in [9.17, 15) is 9.59 Å². The number of hydrogen-bond acceptors (Lipinski definition) is 5. The van der Waals surface area contributed by atoms with E-state index in [0.29, 0.717) is 26.2 Å². The molecule has 1 rings (SSSR count). The van der Waals surface area contributed by atoms with E-state index in [-0.39, 0.29) is 18.9 Å². The molecular weight excluding hydrogens is 224 g/mol. The molecular formula is C10H16N4O3. The maximum Gasteiger partial charge on any atom is 0.322 e. The number of piperazine rings is 1. The summed E-state index contributed by atoms with van der Waals surface area (Å²) < 4.78 is 0. The van der Waals surface area contributed by atoms with Gasteiger partial charge < -0.3 is 15.7 Å². The van der Waals surface area contributed by atoms with Crippen molar-refractivity contribution in [1.82, 2.24) is 15.5 Å². The standard InChI is InChI=1S/C10H16N4O3/c11-2-1-3-13-9(15)7-14-5-4-12-6-8(14)10(16)17/h8,12H,1,3-7H2,(H,13,15)(H,16,17). The van der Waals surface area contributed by atoms with Crippen molar-refractivity contribution in [1.29, 1.82) is 5.26 Å². The second-order valence-electron chi connectivity index (χ2n) is 3.79. The summed E-state index contributed by atoms with van der Waals surface area (Å²) in [4.78, 5) is 24.1. The van der Waals surface area contributed by atoms with Gasteiger partial charge in [-0.25, -0.2) is 0 Å². The molecule has 7 nitrogen and oxygen atoms in total. The molecule has 1 heterocycles. The molecule has 3 N–H and O–H groups in total. The summed E-state index contributed by atoms with van der Waals surface area (Å²) in [5.41, 5.74) is 0. The first-order valence-corrected chi connectivity index (χ1v) is 5.46. The molecule has 1 unspecified atom stereocenters. The molecule has 1 aliphatic rings. The highest BCUT2D eigenvalue weighted by atomic mass is 16.4. The first kappa shape index (κ1) is 13.4. The van der Waals surface area contributed by atoms with Crippen molar-refractivity contribution >= 4 is 11.9 Å². The highest BCUT2D eigenvalue weighted by Gasteiger charge is 2.29. The number of carboxylic acid groups (broad SMARTS) is 1. The summed E-state index contributed by atoms with van der Waals surface area (Å²) in [5, 5.41) is 22.8. The van der Waals surface area contributed by atoms with Gasteiger partial charge in [0.25, 0.3) is 0 Å². The first-order chi connectivity index (χ1) is 8.15. The molecule has 0 aliphatic carbocycles. The summed E-state index contributed by atoms with van der Waals surface area (Å²) in [5.74, 6) is -1.17. The Bertz CT molecular complexity index is 326. The van der Waals surface area contributed by atoms with Gasteiger partial charge in [0.15, 0.2) is 0 Å². The van der Waals surface area contributed by atoms with Gasteiger partial charge in [-0.15, -0.1) is 0 Å². The van der Waals surface area contributed by atoms with Crippen molar-refractivity contribution in [2.45, 2.75) is 12.5 Å². The van der Waals surface area contributed by atoms with Crippen LogP contribution in [0.25, 0.3) is 0 Å². The molecule has 7 heteroatoms. The molecule has 0 radical (unpaired) electrons. The van der Waals surface area contributed by atoms with Crippen molar-refractivity contribution in [2.75, 3.05) is 32.7 Å². The molecule has 0 saturated carbocycles. The average molecular weight is 240 g/mol. The lowest BCUT2D eigenvalue weighted by Gasteiger charge is -2.32. The maximum atomic E-state index is 11.5. The van der Waals surface area contributed by atoms with Gasteiger partial charge in [-0.3, -0.25) is 14.5 Å². The SMILES string of the molecule is N#CCCNC(=O)CN1CCNCC1C(=O)O. The van der Waals surface area contributed by atoms with Gasteiger partial charge in [-0.1, -0.05) is 0 Å². The van der Waals surface area contributed by atoms with Crippen LogP contribution in [0.5, 0.6) is 0 Å². The number of carbonyl (C=O) groups is 2. The minimum Gasteiger partial charge on any atom is -0.480 e. The summed E-state index contributed by atoms with van der Waals surface area (Å²) in [6.07, 6.45) is 0.260. The lowest BCUT2D eigenvalue weighted by Crippen LogP contribution is -2.57. The summed E-state index contributed by atoms with van der Waals surface area (Å²) in [6, 6.07) is 1.26. The van der Waals surface area contributed by atoms with Crippen LogP contribution in [-0.4, -0.2) is 60.6 Å². The lowest BCUT2D eigenvalue weighted by molar-refractivity contribution is -0.144. The number of amides is 1. The average Bonchev–Trinajstić information content (AvgIpc) is 2.29. The first-order valence-electron chi connectivity index (χ1n) is 5.46. The van der Waals surface area contributed by atoms with Crippen LogP contribution in [0.4, 0.5) is 0 Å². The second-order valence-corrected chi connectivity index (χ2v) is 3.79. The van der Waals surface area contributed by atoms with Crippen LogP contribution in [0.15, 0.2) is 0 Å². The van der Waals surface area contributed by atoms with Gasteiger partial charge in [0.05, 0.1) is 19.0 Å². The maximum absolute atomic E-state index is 11.5. The van der Waals surface area contributed by atoms with E-state index < -0.39 is 12.0 Å². The van der Waals surface area contributed by atoms with Gasteiger partial charge in [0.1, 0.15) is 6.04 Å². The Morgan fingerprint density at radius 2 is 2.35 bits per heavy atom. The Morgan fingerprint density at radius 1 is 1.59 bits per heavy atom. The molecule has 0 spiro atoms. The van der Waals surface area contributed by atoms with E-state index in [4.69, 9.17) is 10.4 Å². The fourth-order valence-corrected chi connectivity index (χ4v) is 1.68. The van der Waals surface area contributed by atoms with E-state index in [1.807, 2.05) is 6.07 Å². The lowest BCUT2D eigenvalue weighted by atomic mass is 10.2. The number of carbonyl (C=O) groups excluding carboxylic acids is 1. The largest absolute Gasteiger partial charge is 0.480 e. The van der Waals surface area contributed by atoms with Crippen molar-refractivity contribution < 1.29 is 14.7 Å². The molecule has 0 aromatic carbocycles. The van der Waals surface area contributed by atoms with E-state index in [2.05, 4.69) is 10.6 Å². The van der Waals surface area contributed by atoms with Crippen molar-refractivity contribution in [3.05, 3.63) is 0 Å². The Labute approximate surface area is 99.4 Å². The van der Waals surface area contributed by atoms with E-state index in [1.54, 1.807) is 4.90 Å². The molecule has 1 fully saturated rings. The Morgan fingerprint density at radius 3 is 3.00 bits per heavy atom. The number of nitrogens with one attached hydrogen (secondary N) is 2. The highest BCUT2D eigenvalue weighted by molar-refractivity contribution is 5.80. The molecule has 1 aliphatic heterocycles. The molecule has 1 amide bonds. The van der Waals surface area contributed by atoms with Gasteiger partial charge in [0, 0.05) is 26.2 Å². The molecule has 0 aromatic rings. The van der Waals surface area contributed by atoms with Crippen molar-refractivity contribution in [2.24, 2.45) is 0 Å². The third-order valence-corrected chi connectivity index (χ3v) is 2.54. The fraction of sp³-hybridized carbons (Fsp3) is 0.700. The third kappa shape index (κ3) is 4.38. The molecule has 1 saturated heterocycles. The monoisotopic (exact) mass is 240 g/mol. The zero-order valence-electron chi connectivity index (χ0n) is 9.48.